The number of alkyl halides is 3. The van der Waals surface area contributed by atoms with E-state index in [-0.39, 0.29) is 13.0 Å². The molecular weight excluding hydrogens is 251 g/mol. The van der Waals surface area contributed by atoms with E-state index in [0.717, 1.165) is 13.8 Å². The van der Waals surface area contributed by atoms with E-state index in [1.807, 2.05) is 0 Å². The van der Waals surface area contributed by atoms with E-state index in [1.165, 1.54) is 0 Å². The lowest BCUT2D eigenvalue weighted by Crippen LogP contribution is -2.38. The molecule has 0 aliphatic heterocycles. The number of amides is 1. The maximum absolute atomic E-state index is 12.5. The van der Waals surface area contributed by atoms with Gasteiger partial charge in [0.25, 0.3) is 0 Å². The molecule has 0 radical (unpaired) electrons. The Morgan fingerprint density at radius 2 is 1.72 bits per heavy atom. The molecule has 0 spiro atoms. The van der Waals surface area contributed by atoms with E-state index < -0.39 is 29.9 Å². The summed E-state index contributed by atoms with van der Waals surface area (Å²) in [4.78, 5) is 21.5. The van der Waals surface area contributed by atoms with Gasteiger partial charge in [-0.05, 0) is 12.8 Å². The van der Waals surface area contributed by atoms with Gasteiger partial charge in [0, 0.05) is 19.4 Å². The van der Waals surface area contributed by atoms with Crippen molar-refractivity contribution >= 4 is 11.9 Å². The first-order chi connectivity index (χ1) is 8.06. The van der Waals surface area contributed by atoms with Crippen LogP contribution in [0.3, 0.4) is 0 Å². The van der Waals surface area contributed by atoms with Gasteiger partial charge in [-0.25, -0.2) is 0 Å². The van der Waals surface area contributed by atoms with Gasteiger partial charge in [0.05, 0.1) is 5.41 Å². The van der Waals surface area contributed by atoms with Crippen LogP contribution in [0, 0.1) is 5.41 Å². The van der Waals surface area contributed by atoms with Gasteiger partial charge in [-0.15, -0.1) is 0 Å². The molecule has 0 heterocycles. The molecule has 2 N–H and O–H groups in total. The van der Waals surface area contributed by atoms with Crippen molar-refractivity contribution in [2.75, 3.05) is 6.54 Å². The summed E-state index contributed by atoms with van der Waals surface area (Å²) in [5.41, 5.74) is -2.06. The Labute approximate surface area is 104 Å². The van der Waals surface area contributed by atoms with Crippen LogP contribution in [0.1, 0.15) is 39.5 Å². The summed E-state index contributed by atoms with van der Waals surface area (Å²) in [6.07, 6.45) is -4.24. The van der Waals surface area contributed by atoms with Crippen molar-refractivity contribution in [1.29, 1.82) is 0 Å². The molecule has 0 aromatic heterocycles. The third-order valence-electron chi connectivity index (χ3n) is 2.51. The van der Waals surface area contributed by atoms with Crippen molar-refractivity contribution in [3.8, 4) is 0 Å². The van der Waals surface area contributed by atoms with Crippen LogP contribution in [0.4, 0.5) is 13.2 Å². The number of nitrogens with one attached hydrogen (secondary N) is 1. The van der Waals surface area contributed by atoms with Gasteiger partial charge in [0.1, 0.15) is 0 Å². The number of carboxylic acid groups (broad SMARTS) is 1. The number of hydrogen-bond acceptors (Lipinski definition) is 2. The van der Waals surface area contributed by atoms with Crippen LogP contribution < -0.4 is 5.32 Å². The van der Waals surface area contributed by atoms with Gasteiger partial charge in [-0.1, -0.05) is 13.8 Å². The minimum atomic E-state index is -4.42. The summed E-state index contributed by atoms with van der Waals surface area (Å²) in [6.45, 7) is 2.13. The summed E-state index contributed by atoms with van der Waals surface area (Å²) >= 11 is 0. The highest BCUT2D eigenvalue weighted by molar-refractivity contribution is 5.76. The molecule has 0 rings (SSSR count). The van der Waals surface area contributed by atoms with E-state index in [2.05, 4.69) is 5.32 Å². The number of halogens is 3. The van der Waals surface area contributed by atoms with Crippen molar-refractivity contribution in [3.05, 3.63) is 0 Å². The maximum atomic E-state index is 12.5. The first kappa shape index (κ1) is 16.7. The van der Waals surface area contributed by atoms with Gasteiger partial charge in [-0.3, -0.25) is 9.59 Å². The Balaban J connectivity index is 3.88. The molecule has 0 aliphatic rings. The van der Waals surface area contributed by atoms with E-state index in [1.54, 1.807) is 0 Å². The van der Waals surface area contributed by atoms with Crippen LogP contribution >= 0.6 is 0 Å². The Hall–Kier alpha value is -1.27. The Morgan fingerprint density at radius 1 is 1.17 bits per heavy atom. The number of carboxylic acids is 1. The standard InChI is InChI=1S/C11H18F3NO3/c1-10(2,11(12,13)14)7-8(16)15-6-4-3-5-9(17)18/h3-7H2,1-2H3,(H,15,16)(H,17,18). The lowest BCUT2D eigenvalue weighted by Gasteiger charge is -2.26. The van der Waals surface area contributed by atoms with E-state index >= 15 is 0 Å². The minimum absolute atomic E-state index is 0.0100. The average molecular weight is 269 g/mol. The van der Waals surface area contributed by atoms with Crippen molar-refractivity contribution in [2.24, 2.45) is 5.41 Å². The molecule has 0 saturated heterocycles. The highest BCUT2D eigenvalue weighted by Gasteiger charge is 2.48. The fourth-order valence-electron chi connectivity index (χ4n) is 1.19. The highest BCUT2D eigenvalue weighted by Crippen LogP contribution is 2.40. The van der Waals surface area contributed by atoms with Gasteiger partial charge < -0.3 is 10.4 Å². The fraction of sp³-hybridized carbons (Fsp3) is 0.818. The molecule has 0 saturated carbocycles. The van der Waals surface area contributed by atoms with Crippen molar-refractivity contribution in [2.45, 2.75) is 45.7 Å². The first-order valence-corrected chi connectivity index (χ1v) is 5.61. The molecule has 0 bridgehead atoms. The van der Waals surface area contributed by atoms with Gasteiger partial charge in [0.2, 0.25) is 5.91 Å². The molecule has 1 amide bonds. The molecule has 0 aromatic carbocycles. The van der Waals surface area contributed by atoms with Crippen LogP contribution in [0.5, 0.6) is 0 Å². The fourth-order valence-corrected chi connectivity index (χ4v) is 1.19. The molecule has 0 atom stereocenters. The van der Waals surface area contributed by atoms with Crippen LogP contribution in [-0.4, -0.2) is 29.7 Å². The van der Waals surface area contributed by atoms with Crippen LogP contribution in [0.25, 0.3) is 0 Å². The molecule has 18 heavy (non-hydrogen) atoms. The van der Waals surface area contributed by atoms with Crippen molar-refractivity contribution < 1.29 is 27.9 Å². The van der Waals surface area contributed by atoms with E-state index in [4.69, 9.17) is 5.11 Å². The summed E-state index contributed by atoms with van der Waals surface area (Å²) < 4.78 is 37.4. The van der Waals surface area contributed by atoms with Crippen molar-refractivity contribution in [3.63, 3.8) is 0 Å². The lowest BCUT2D eigenvalue weighted by atomic mass is 9.88. The number of rotatable bonds is 7. The highest BCUT2D eigenvalue weighted by atomic mass is 19.4. The monoisotopic (exact) mass is 269 g/mol. The van der Waals surface area contributed by atoms with Gasteiger partial charge in [0.15, 0.2) is 0 Å². The predicted octanol–water partition coefficient (Wildman–Crippen LogP) is 2.34. The summed E-state index contributed by atoms with van der Waals surface area (Å²) in [7, 11) is 0. The van der Waals surface area contributed by atoms with E-state index in [9.17, 15) is 22.8 Å². The normalized spacial score (nSPS) is 12.3. The Kier molecular flexibility index (Phi) is 6.14. The smallest absolute Gasteiger partial charge is 0.394 e. The quantitative estimate of drug-likeness (QED) is 0.697. The zero-order chi connectivity index (χ0) is 14.4. The second-order valence-electron chi connectivity index (χ2n) is 4.76. The molecule has 106 valence electrons. The largest absolute Gasteiger partial charge is 0.481 e. The molecule has 0 unspecified atom stereocenters. The average Bonchev–Trinajstić information content (AvgIpc) is 2.13. The SMILES string of the molecule is CC(C)(CC(=O)NCCCCC(=O)O)C(F)(F)F. The summed E-state index contributed by atoms with van der Waals surface area (Å²) in [6, 6.07) is 0. The van der Waals surface area contributed by atoms with Crippen LogP contribution in [0.15, 0.2) is 0 Å². The molecule has 0 aliphatic carbocycles. The zero-order valence-electron chi connectivity index (χ0n) is 10.4. The number of carbonyl (C=O) groups is 2. The van der Waals surface area contributed by atoms with Crippen molar-refractivity contribution in [1.82, 2.24) is 5.32 Å². The minimum Gasteiger partial charge on any atom is -0.481 e. The first-order valence-electron chi connectivity index (χ1n) is 5.61. The molecule has 4 nitrogen and oxygen atoms in total. The lowest BCUT2D eigenvalue weighted by molar-refractivity contribution is -0.213. The second-order valence-corrected chi connectivity index (χ2v) is 4.76. The summed E-state index contributed by atoms with van der Waals surface area (Å²) in [5, 5.41) is 10.7. The zero-order valence-corrected chi connectivity index (χ0v) is 10.4. The third kappa shape index (κ3) is 6.46. The van der Waals surface area contributed by atoms with Crippen LogP contribution in [0.2, 0.25) is 0 Å². The Bertz CT molecular complexity index is 300. The molecular formula is C11H18F3NO3. The predicted molar refractivity (Wildman–Crippen MR) is 58.9 cm³/mol. The van der Waals surface area contributed by atoms with Gasteiger partial charge in [-0.2, -0.15) is 13.2 Å². The van der Waals surface area contributed by atoms with Crippen LogP contribution in [-0.2, 0) is 9.59 Å². The second kappa shape index (κ2) is 6.61. The Morgan fingerprint density at radius 3 is 2.17 bits per heavy atom. The van der Waals surface area contributed by atoms with E-state index in [0.29, 0.717) is 12.8 Å². The molecule has 0 aromatic rings. The van der Waals surface area contributed by atoms with Gasteiger partial charge >= 0.3 is 12.1 Å². The summed E-state index contributed by atoms with van der Waals surface area (Å²) in [5.74, 6) is -1.60. The maximum Gasteiger partial charge on any atom is 0.394 e. The molecule has 7 heteroatoms. The number of hydrogen-bond donors (Lipinski definition) is 2. The number of aliphatic carboxylic acids is 1. The number of unbranched alkanes of at least 4 members (excludes halogenated alkanes) is 1. The third-order valence-corrected chi connectivity index (χ3v) is 2.51. The molecule has 0 fully saturated rings. The topological polar surface area (TPSA) is 66.4 Å². The number of carbonyl (C=O) groups excluding carboxylic acids is 1.